The number of nitrogens with one attached hydrogen (secondary N) is 1. The van der Waals surface area contributed by atoms with Crippen LogP contribution in [0.4, 0.5) is 45.2 Å². The summed E-state index contributed by atoms with van der Waals surface area (Å²) in [5, 5.41) is 11.8. The SMILES string of the molecule is COc1cc(F)cc(C(F)(F)F)c1-c1ccc(CC(NC(=O)c2c(F)cc(N3CCOC[C@@H]3C(F)(F)F)cc2F)C(=O)O)n2ccnc12. The largest absolute Gasteiger partial charge is 0.496 e. The molecule has 9 nitrogen and oxygen atoms in total. The van der Waals surface area contributed by atoms with E-state index in [1.807, 2.05) is 5.32 Å². The number of alkyl halides is 6. The van der Waals surface area contributed by atoms with Gasteiger partial charge in [-0.15, -0.1) is 0 Å². The van der Waals surface area contributed by atoms with Crippen LogP contribution in [0.15, 0.2) is 48.8 Å². The zero-order valence-corrected chi connectivity index (χ0v) is 24.4. The first-order chi connectivity index (χ1) is 22.5. The van der Waals surface area contributed by atoms with Crippen LogP contribution in [0.1, 0.15) is 21.6 Å². The molecule has 2 aromatic carbocycles. The predicted molar refractivity (Wildman–Crippen MR) is 149 cm³/mol. The van der Waals surface area contributed by atoms with E-state index in [0.717, 1.165) is 19.2 Å². The summed E-state index contributed by atoms with van der Waals surface area (Å²) in [6, 6.07) is 0.348. The number of ether oxygens (including phenoxy) is 2. The molecule has 18 heteroatoms. The standard InChI is InChI=1S/C30H23F9N4O5/c1-47-22-9-14(31)8-18(29(34,35)36)24(22)17-3-2-15(43-5-4-40-26(17)43)12-21(28(45)46)41-27(44)25-19(32)10-16(11-20(25)33)42-6-7-48-13-23(42)30(37,38)39/h2-5,8-11,21,23H,6-7,12-13H2,1H3,(H,41,44)(H,45,46)/t21?,23-/m1/s1. The van der Waals surface area contributed by atoms with Gasteiger partial charge in [-0.2, -0.15) is 26.3 Å². The van der Waals surface area contributed by atoms with Gasteiger partial charge in [0.1, 0.15) is 46.5 Å². The third-order valence-electron chi connectivity index (χ3n) is 7.60. The quantitative estimate of drug-likeness (QED) is 0.231. The van der Waals surface area contributed by atoms with E-state index in [2.05, 4.69) is 4.98 Å². The smallest absolute Gasteiger partial charge is 0.417 e. The third kappa shape index (κ3) is 6.69. The van der Waals surface area contributed by atoms with Crippen molar-refractivity contribution in [2.45, 2.75) is 30.9 Å². The average Bonchev–Trinajstić information content (AvgIpc) is 3.50. The Labute approximate surface area is 264 Å². The molecular weight excluding hydrogens is 667 g/mol. The van der Waals surface area contributed by atoms with Crippen molar-refractivity contribution in [1.29, 1.82) is 0 Å². The fraction of sp³-hybridized carbons (Fsp3) is 0.300. The maximum atomic E-state index is 15.1. The van der Waals surface area contributed by atoms with Crippen molar-refractivity contribution in [3.05, 3.63) is 83.1 Å². The van der Waals surface area contributed by atoms with Gasteiger partial charge in [0.05, 0.1) is 25.9 Å². The van der Waals surface area contributed by atoms with Crippen molar-refractivity contribution in [3.8, 4) is 16.9 Å². The zero-order valence-electron chi connectivity index (χ0n) is 24.4. The second-order valence-electron chi connectivity index (χ2n) is 10.6. The summed E-state index contributed by atoms with van der Waals surface area (Å²) in [5.74, 6) is -8.01. The Hall–Kier alpha value is -5.00. The van der Waals surface area contributed by atoms with Gasteiger partial charge < -0.3 is 29.2 Å². The van der Waals surface area contributed by atoms with E-state index in [9.17, 15) is 45.4 Å². The molecule has 4 aromatic rings. The van der Waals surface area contributed by atoms with Crippen molar-refractivity contribution < 1.29 is 63.7 Å². The number of carboxylic acids is 1. The predicted octanol–water partition coefficient (Wildman–Crippen LogP) is 5.64. The lowest BCUT2D eigenvalue weighted by Crippen LogP contribution is -2.53. The van der Waals surface area contributed by atoms with Crippen LogP contribution in [0.25, 0.3) is 16.8 Å². The lowest BCUT2D eigenvalue weighted by Gasteiger charge is -2.38. The molecule has 1 amide bonds. The minimum atomic E-state index is -5.02. The highest BCUT2D eigenvalue weighted by atomic mass is 19.4. The van der Waals surface area contributed by atoms with Crippen LogP contribution in [0.2, 0.25) is 0 Å². The number of rotatable bonds is 8. The number of pyridine rings is 1. The Morgan fingerprint density at radius 1 is 1.08 bits per heavy atom. The molecule has 256 valence electrons. The monoisotopic (exact) mass is 690 g/mol. The topological polar surface area (TPSA) is 105 Å². The number of carbonyl (C=O) groups is 2. The fourth-order valence-corrected chi connectivity index (χ4v) is 5.44. The van der Waals surface area contributed by atoms with E-state index in [0.29, 0.717) is 17.0 Å². The highest BCUT2D eigenvalue weighted by Gasteiger charge is 2.46. The van der Waals surface area contributed by atoms with E-state index in [1.165, 1.54) is 22.9 Å². The molecule has 0 bridgehead atoms. The van der Waals surface area contributed by atoms with Gasteiger partial charge in [-0.1, -0.05) is 0 Å². The Kier molecular flexibility index (Phi) is 9.22. The van der Waals surface area contributed by atoms with Gasteiger partial charge in [-0.25, -0.2) is 22.9 Å². The first-order valence-electron chi connectivity index (χ1n) is 13.8. The molecule has 0 spiro atoms. The first kappa shape index (κ1) is 34.3. The first-order valence-corrected chi connectivity index (χ1v) is 13.8. The highest BCUT2D eigenvalue weighted by Crippen LogP contribution is 2.44. The summed E-state index contributed by atoms with van der Waals surface area (Å²) in [7, 11) is 1.04. The maximum Gasteiger partial charge on any atom is 0.417 e. The number of carboxylic acid groups (broad SMARTS) is 1. The average molecular weight is 691 g/mol. The Morgan fingerprint density at radius 3 is 2.38 bits per heavy atom. The summed E-state index contributed by atoms with van der Waals surface area (Å²) in [6.07, 6.45) is -7.94. The van der Waals surface area contributed by atoms with Crippen LogP contribution in [-0.4, -0.2) is 71.5 Å². The minimum absolute atomic E-state index is 0.0652. The summed E-state index contributed by atoms with van der Waals surface area (Å²) >= 11 is 0. The molecule has 2 N–H and O–H groups in total. The van der Waals surface area contributed by atoms with Gasteiger partial charge in [0.2, 0.25) is 0 Å². The second-order valence-corrected chi connectivity index (χ2v) is 10.6. The number of hydrogen-bond donors (Lipinski definition) is 2. The molecule has 2 aromatic heterocycles. The Balaban J connectivity index is 1.45. The summed E-state index contributed by atoms with van der Waals surface area (Å²) in [6.45, 7) is -1.31. The third-order valence-corrected chi connectivity index (χ3v) is 7.60. The number of benzene rings is 2. The normalized spacial score (nSPS) is 16.2. The molecule has 0 radical (unpaired) electrons. The van der Waals surface area contributed by atoms with Crippen molar-refractivity contribution in [2.75, 3.05) is 31.8 Å². The number of carbonyl (C=O) groups excluding carboxylic acids is 1. The van der Waals surface area contributed by atoms with Crippen molar-refractivity contribution in [3.63, 3.8) is 0 Å². The summed E-state index contributed by atoms with van der Waals surface area (Å²) in [5.41, 5.74) is -3.93. The highest BCUT2D eigenvalue weighted by molar-refractivity contribution is 5.97. The van der Waals surface area contributed by atoms with Gasteiger partial charge in [0.25, 0.3) is 5.91 Å². The van der Waals surface area contributed by atoms with E-state index in [4.69, 9.17) is 9.47 Å². The fourth-order valence-electron chi connectivity index (χ4n) is 5.44. The molecule has 48 heavy (non-hydrogen) atoms. The van der Waals surface area contributed by atoms with Gasteiger partial charge in [-0.3, -0.25) is 4.79 Å². The number of aliphatic carboxylic acids is 1. The number of nitrogens with zero attached hydrogens (tertiary/aromatic N) is 3. The lowest BCUT2D eigenvalue weighted by atomic mass is 9.97. The van der Waals surface area contributed by atoms with E-state index in [1.54, 1.807) is 0 Å². The maximum absolute atomic E-state index is 15.1. The summed E-state index contributed by atoms with van der Waals surface area (Å²) < 4.78 is 138. The second kappa shape index (κ2) is 12.9. The molecule has 1 aliphatic rings. The number of imidazole rings is 1. The Morgan fingerprint density at radius 2 is 1.77 bits per heavy atom. The number of fused-ring (bicyclic) bond motifs is 1. The van der Waals surface area contributed by atoms with Crippen LogP contribution < -0.4 is 15.0 Å². The molecule has 3 heterocycles. The molecule has 1 unspecified atom stereocenters. The van der Waals surface area contributed by atoms with Crippen molar-refractivity contribution in [2.24, 2.45) is 0 Å². The van der Waals surface area contributed by atoms with Gasteiger partial charge in [-0.05, 0) is 30.3 Å². The lowest BCUT2D eigenvalue weighted by molar-refractivity contribution is -0.167. The molecular formula is C30H23F9N4O5. The molecule has 5 rings (SSSR count). The minimum Gasteiger partial charge on any atom is -0.496 e. The van der Waals surface area contributed by atoms with Crippen LogP contribution in [0, 0.1) is 17.5 Å². The number of methoxy groups -OCH3 is 1. The van der Waals surface area contributed by atoms with Gasteiger partial charge >= 0.3 is 18.3 Å². The van der Waals surface area contributed by atoms with Crippen LogP contribution in [0.3, 0.4) is 0 Å². The molecule has 1 aliphatic heterocycles. The number of halogens is 9. The Bertz CT molecular complexity index is 1850. The van der Waals surface area contributed by atoms with Crippen LogP contribution >= 0.6 is 0 Å². The van der Waals surface area contributed by atoms with Crippen molar-refractivity contribution >= 4 is 23.2 Å². The van der Waals surface area contributed by atoms with Crippen LogP contribution in [-0.2, 0) is 22.1 Å². The summed E-state index contributed by atoms with van der Waals surface area (Å²) in [4.78, 5) is 29.8. The van der Waals surface area contributed by atoms with Crippen molar-refractivity contribution in [1.82, 2.24) is 14.7 Å². The molecule has 0 aliphatic carbocycles. The van der Waals surface area contributed by atoms with Gasteiger partial charge in [0, 0.05) is 53.9 Å². The van der Waals surface area contributed by atoms with Crippen LogP contribution in [0.5, 0.6) is 5.75 Å². The molecule has 1 fully saturated rings. The molecule has 0 saturated carbocycles. The van der Waals surface area contributed by atoms with E-state index >= 15 is 8.78 Å². The molecule has 1 saturated heterocycles. The number of hydrogen-bond acceptors (Lipinski definition) is 6. The van der Waals surface area contributed by atoms with E-state index < -0.39 is 94.9 Å². The van der Waals surface area contributed by atoms with Gasteiger partial charge in [0.15, 0.2) is 0 Å². The number of amides is 1. The zero-order chi connectivity index (χ0) is 35.1. The van der Waals surface area contributed by atoms with E-state index in [-0.39, 0.29) is 36.1 Å². The number of morpholine rings is 1. The number of anilines is 1. The number of aromatic nitrogens is 2. The molecule has 2 atom stereocenters.